The van der Waals surface area contributed by atoms with Crippen molar-refractivity contribution < 1.29 is 19.2 Å². The molecule has 0 aliphatic carbocycles. The molecule has 0 N–H and O–H groups in total. The molecule has 0 amide bonds. The normalized spacial score (nSPS) is 10.2. The number of carbonyl (C=O) groups is 1. The number of ether oxygens (including phenoxy) is 2. The molecule has 8 nitrogen and oxygen atoms in total. The molecule has 120 valence electrons. The molecule has 2 rings (SSSR count). The number of nitrogens with zero attached hydrogens (tertiary/aromatic N) is 3. The zero-order valence-electron chi connectivity index (χ0n) is 12.9. The largest absolute Gasteiger partial charge is 0.481 e. The zero-order valence-corrected chi connectivity index (χ0v) is 12.9. The topological polar surface area (TPSA) is 104 Å². The Hall–Kier alpha value is -3.03. The van der Waals surface area contributed by atoms with Gasteiger partial charge in [-0.3, -0.25) is 14.9 Å². The molecule has 0 unspecified atom stereocenters. The summed E-state index contributed by atoms with van der Waals surface area (Å²) in [5.41, 5.74) is 0.632. The van der Waals surface area contributed by atoms with E-state index in [0.29, 0.717) is 23.8 Å². The average molecular weight is 317 g/mol. The highest BCUT2D eigenvalue weighted by Gasteiger charge is 2.24. The van der Waals surface area contributed by atoms with Crippen LogP contribution in [0.15, 0.2) is 18.2 Å². The van der Waals surface area contributed by atoms with Crippen molar-refractivity contribution in [3.63, 3.8) is 0 Å². The van der Waals surface area contributed by atoms with Crippen LogP contribution in [-0.4, -0.2) is 35.4 Å². The first-order valence-corrected chi connectivity index (χ1v) is 6.78. The molecular formula is C15H15N3O5. The fraction of sp³-hybridized carbons (Fsp3) is 0.267. The highest BCUT2D eigenvalue weighted by atomic mass is 16.6. The van der Waals surface area contributed by atoms with Gasteiger partial charge < -0.3 is 9.47 Å². The van der Waals surface area contributed by atoms with Gasteiger partial charge in [0, 0.05) is 11.1 Å². The number of hydrogen-bond acceptors (Lipinski definition) is 7. The van der Waals surface area contributed by atoms with Gasteiger partial charge in [0.1, 0.15) is 0 Å². The van der Waals surface area contributed by atoms with Crippen LogP contribution in [0.5, 0.6) is 11.8 Å². The molecule has 1 heterocycles. The number of benzene rings is 1. The van der Waals surface area contributed by atoms with Crippen LogP contribution in [-0.2, 0) is 6.42 Å². The van der Waals surface area contributed by atoms with E-state index in [-0.39, 0.29) is 28.8 Å². The molecule has 0 aliphatic heterocycles. The molecule has 23 heavy (non-hydrogen) atoms. The van der Waals surface area contributed by atoms with Crippen molar-refractivity contribution >= 4 is 12.0 Å². The number of aromatic nitrogens is 2. The first-order chi connectivity index (χ1) is 11.0. The maximum atomic E-state index is 11.3. The van der Waals surface area contributed by atoms with E-state index in [1.807, 2.05) is 0 Å². The number of rotatable bonds is 6. The van der Waals surface area contributed by atoms with Gasteiger partial charge in [0.15, 0.2) is 12.1 Å². The van der Waals surface area contributed by atoms with Crippen LogP contribution < -0.4 is 9.47 Å². The monoisotopic (exact) mass is 317 g/mol. The minimum atomic E-state index is -0.566. The minimum absolute atomic E-state index is 0.0189. The van der Waals surface area contributed by atoms with E-state index in [0.717, 1.165) is 0 Å². The lowest BCUT2D eigenvalue weighted by Crippen LogP contribution is -2.04. The lowest BCUT2D eigenvalue weighted by Gasteiger charge is -2.11. The predicted molar refractivity (Wildman–Crippen MR) is 82.0 cm³/mol. The van der Waals surface area contributed by atoms with Crippen molar-refractivity contribution in [1.29, 1.82) is 0 Å². The Morgan fingerprint density at radius 1 is 1.22 bits per heavy atom. The molecule has 0 spiro atoms. The fourth-order valence-electron chi connectivity index (χ4n) is 2.27. The van der Waals surface area contributed by atoms with Crippen LogP contribution in [0.25, 0.3) is 11.4 Å². The minimum Gasteiger partial charge on any atom is -0.481 e. The molecule has 0 aliphatic rings. The van der Waals surface area contributed by atoms with Crippen LogP contribution in [0.2, 0.25) is 0 Å². The maximum Gasteiger partial charge on any atom is 0.283 e. The number of carbonyl (C=O) groups excluding carboxylic acids is 1. The van der Waals surface area contributed by atoms with Crippen molar-refractivity contribution in [2.24, 2.45) is 0 Å². The Balaban J connectivity index is 2.75. The summed E-state index contributed by atoms with van der Waals surface area (Å²) in [4.78, 5) is 30.3. The Labute approximate surface area is 132 Å². The summed E-state index contributed by atoms with van der Waals surface area (Å²) in [7, 11) is 2.90. The molecule has 0 saturated carbocycles. The molecule has 8 heteroatoms. The van der Waals surface area contributed by atoms with Gasteiger partial charge in [-0.1, -0.05) is 6.92 Å². The van der Waals surface area contributed by atoms with E-state index in [2.05, 4.69) is 9.97 Å². The van der Waals surface area contributed by atoms with Gasteiger partial charge in [-0.2, -0.15) is 9.97 Å². The van der Waals surface area contributed by atoms with Crippen molar-refractivity contribution in [1.82, 2.24) is 9.97 Å². The average Bonchev–Trinajstić information content (AvgIpc) is 2.59. The van der Waals surface area contributed by atoms with Crippen LogP contribution in [0.4, 0.5) is 5.69 Å². The first-order valence-electron chi connectivity index (χ1n) is 6.78. The summed E-state index contributed by atoms with van der Waals surface area (Å²) in [6, 6.07) is 4.47. The Kier molecular flexibility index (Phi) is 4.85. The molecule has 1 aromatic carbocycles. The van der Waals surface area contributed by atoms with Crippen molar-refractivity contribution in [3.05, 3.63) is 39.4 Å². The lowest BCUT2D eigenvalue weighted by molar-refractivity contribution is -0.385. The third-order valence-electron chi connectivity index (χ3n) is 3.32. The van der Waals surface area contributed by atoms with Gasteiger partial charge in [-0.05, 0) is 18.6 Å². The number of hydrogen-bond donors (Lipinski definition) is 0. The Morgan fingerprint density at radius 2 is 1.83 bits per heavy atom. The van der Waals surface area contributed by atoms with E-state index >= 15 is 0 Å². The van der Waals surface area contributed by atoms with Crippen molar-refractivity contribution in [2.75, 3.05) is 14.2 Å². The Bertz CT molecular complexity index is 739. The molecular weight excluding hydrogens is 302 g/mol. The van der Waals surface area contributed by atoms with Crippen molar-refractivity contribution in [3.8, 4) is 23.1 Å². The summed E-state index contributed by atoms with van der Waals surface area (Å²) in [6.45, 7) is 1.76. The maximum absolute atomic E-state index is 11.3. The van der Waals surface area contributed by atoms with E-state index < -0.39 is 4.92 Å². The lowest BCUT2D eigenvalue weighted by atomic mass is 9.98. The number of methoxy groups -OCH3 is 2. The van der Waals surface area contributed by atoms with E-state index in [1.54, 1.807) is 13.0 Å². The third-order valence-corrected chi connectivity index (χ3v) is 3.32. The SMILES string of the molecule is CCc1c(-c2nc(OC)cc(OC)n2)ccc(C=O)c1[N+](=O)[O-]. The van der Waals surface area contributed by atoms with Gasteiger partial charge in [0.2, 0.25) is 11.8 Å². The molecule has 0 saturated heterocycles. The highest BCUT2D eigenvalue weighted by molar-refractivity contribution is 5.85. The van der Waals surface area contributed by atoms with Crippen LogP contribution in [0.1, 0.15) is 22.8 Å². The summed E-state index contributed by atoms with van der Waals surface area (Å²) in [5, 5.41) is 11.3. The Morgan fingerprint density at radius 3 is 2.26 bits per heavy atom. The summed E-state index contributed by atoms with van der Waals surface area (Å²) < 4.78 is 10.2. The molecule has 2 aromatic rings. The van der Waals surface area contributed by atoms with Crippen molar-refractivity contribution in [2.45, 2.75) is 13.3 Å². The zero-order chi connectivity index (χ0) is 17.0. The predicted octanol–water partition coefficient (Wildman–Crippen LogP) is 2.44. The quantitative estimate of drug-likeness (QED) is 0.457. The standard InChI is InChI=1S/C15H15N3O5/c1-4-10-11(6-5-9(8-19)14(10)18(20)21)15-16-12(22-2)7-13(17-15)23-3/h5-8H,4H2,1-3H3. The second kappa shape index (κ2) is 6.82. The van der Waals surface area contributed by atoms with E-state index in [4.69, 9.17) is 9.47 Å². The van der Waals surface area contributed by atoms with Gasteiger partial charge in [-0.25, -0.2) is 0 Å². The van der Waals surface area contributed by atoms with E-state index in [1.165, 1.54) is 26.4 Å². The van der Waals surface area contributed by atoms with Crippen LogP contribution in [0.3, 0.4) is 0 Å². The van der Waals surface area contributed by atoms with Gasteiger partial charge in [-0.15, -0.1) is 0 Å². The molecule has 0 radical (unpaired) electrons. The number of nitro benzene ring substituents is 1. The molecule has 0 fully saturated rings. The molecule has 0 bridgehead atoms. The van der Waals surface area contributed by atoms with Gasteiger partial charge >= 0.3 is 0 Å². The first kappa shape index (κ1) is 16.3. The molecule has 0 atom stereocenters. The second-order valence-corrected chi connectivity index (χ2v) is 4.53. The summed E-state index contributed by atoms with van der Waals surface area (Å²) in [5.74, 6) is 0.783. The van der Waals surface area contributed by atoms with Gasteiger partial charge in [0.05, 0.1) is 30.8 Å². The number of nitro groups is 1. The van der Waals surface area contributed by atoms with Crippen LogP contribution in [0, 0.1) is 10.1 Å². The molecule has 1 aromatic heterocycles. The number of aldehydes is 1. The smallest absolute Gasteiger partial charge is 0.283 e. The summed E-state index contributed by atoms with van der Waals surface area (Å²) in [6.07, 6.45) is 0.810. The van der Waals surface area contributed by atoms with Gasteiger partial charge in [0.25, 0.3) is 5.69 Å². The van der Waals surface area contributed by atoms with Crippen LogP contribution >= 0.6 is 0 Å². The fourth-order valence-corrected chi connectivity index (χ4v) is 2.27. The summed E-state index contributed by atoms with van der Waals surface area (Å²) >= 11 is 0. The second-order valence-electron chi connectivity index (χ2n) is 4.53. The third kappa shape index (κ3) is 3.10. The highest BCUT2D eigenvalue weighted by Crippen LogP contribution is 2.33. The van der Waals surface area contributed by atoms with E-state index in [9.17, 15) is 14.9 Å².